The van der Waals surface area contributed by atoms with Gasteiger partial charge in [-0.1, -0.05) is 5.21 Å². The van der Waals surface area contributed by atoms with E-state index in [1.54, 1.807) is 21.8 Å². The van der Waals surface area contributed by atoms with Crippen LogP contribution in [-0.4, -0.2) is 43.6 Å². The summed E-state index contributed by atoms with van der Waals surface area (Å²) in [5.41, 5.74) is 1.34. The molecule has 100 valence electrons. The Bertz CT molecular complexity index is 583. The highest BCUT2D eigenvalue weighted by Crippen LogP contribution is 2.11. The third-order valence-electron chi connectivity index (χ3n) is 3.31. The zero-order valence-electron chi connectivity index (χ0n) is 10.8. The summed E-state index contributed by atoms with van der Waals surface area (Å²) in [6.07, 6.45) is 5.67. The first kappa shape index (κ1) is 12.0. The number of aromatic nitrogens is 5. The maximum absolute atomic E-state index is 12.1. The monoisotopic (exact) mass is 260 g/mol. The molecule has 19 heavy (non-hydrogen) atoms. The van der Waals surface area contributed by atoms with E-state index in [0.717, 1.165) is 25.2 Å². The SMILES string of the molecule is CCn1cc(CC(=O)c2cn(C3CNC3)nn2)cn1. The number of nitrogens with one attached hydrogen (secondary N) is 1. The number of Topliss-reactive ketones (excluding diaryl/α,β-unsaturated/α-hetero) is 1. The fourth-order valence-electron chi connectivity index (χ4n) is 1.99. The molecule has 2 aromatic heterocycles. The van der Waals surface area contributed by atoms with E-state index in [-0.39, 0.29) is 5.78 Å². The minimum Gasteiger partial charge on any atom is -0.312 e. The number of ketones is 1. The minimum atomic E-state index is -0.0193. The van der Waals surface area contributed by atoms with Crippen LogP contribution in [-0.2, 0) is 13.0 Å². The van der Waals surface area contributed by atoms with E-state index in [0.29, 0.717) is 18.2 Å². The third kappa shape index (κ3) is 2.41. The second-order valence-corrected chi connectivity index (χ2v) is 4.70. The van der Waals surface area contributed by atoms with E-state index in [1.165, 1.54) is 0 Å². The summed E-state index contributed by atoms with van der Waals surface area (Å²) in [4.78, 5) is 12.1. The maximum Gasteiger partial charge on any atom is 0.189 e. The van der Waals surface area contributed by atoms with Gasteiger partial charge < -0.3 is 5.32 Å². The van der Waals surface area contributed by atoms with Gasteiger partial charge in [-0.15, -0.1) is 5.10 Å². The topological polar surface area (TPSA) is 77.6 Å². The van der Waals surface area contributed by atoms with Crippen molar-refractivity contribution in [2.45, 2.75) is 25.9 Å². The average molecular weight is 260 g/mol. The minimum absolute atomic E-state index is 0.0193. The van der Waals surface area contributed by atoms with Crippen molar-refractivity contribution >= 4 is 5.78 Å². The van der Waals surface area contributed by atoms with Crippen molar-refractivity contribution in [3.8, 4) is 0 Å². The number of carbonyl (C=O) groups excluding carboxylic acids is 1. The highest BCUT2D eigenvalue weighted by Gasteiger charge is 2.21. The summed E-state index contributed by atoms with van der Waals surface area (Å²) in [6.45, 7) is 4.59. The Morgan fingerprint density at radius 2 is 2.32 bits per heavy atom. The first-order valence-electron chi connectivity index (χ1n) is 6.43. The quantitative estimate of drug-likeness (QED) is 0.769. The van der Waals surface area contributed by atoms with Crippen LogP contribution in [0.15, 0.2) is 18.6 Å². The highest BCUT2D eigenvalue weighted by atomic mass is 16.1. The van der Waals surface area contributed by atoms with Gasteiger partial charge in [-0.2, -0.15) is 5.10 Å². The Morgan fingerprint density at radius 3 is 2.95 bits per heavy atom. The Morgan fingerprint density at radius 1 is 1.47 bits per heavy atom. The van der Waals surface area contributed by atoms with Crippen LogP contribution in [0.4, 0.5) is 0 Å². The molecule has 3 heterocycles. The van der Waals surface area contributed by atoms with Crippen LogP contribution >= 0.6 is 0 Å². The van der Waals surface area contributed by atoms with Gasteiger partial charge in [0.05, 0.1) is 18.4 Å². The summed E-state index contributed by atoms with van der Waals surface area (Å²) in [7, 11) is 0. The van der Waals surface area contributed by atoms with Gasteiger partial charge in [-0.05, 0) is 12.5 Å². The van der Waals surface area contributed by atoms with Crippen molar-refractivity contribution in [3.05, 3.63) is 29.8 Å². The number of hydrogen-bond donors (Lipinski definition) is 1. The fourth-order valence-corrected chi connectivity index (χ4v) is 1.99. The van der Waals surface area contributed by atoms with Crippen LogP contribution in [0, 0.1) is 0 Å². The Hall–Kier alpha value is -2.02. The van der Waals surface area contributed by atoms with Crippen LogP contribution < -0.4 is 5.32 Å². The molecule has 0 amide bonds. The first-order valence-corrected chi connectivity index (χ1v) is 6.43. The molecular formula is C12H16N6O. The molecule has 0 spiro atoms. The normalized spacial score (nSPS) is 15.4. The molecule has 0 saturated carbocycles. The van der Waals surface area contributed by atoms with Gasteiger partial charge in [0.25, 0.3) is 0 Å². The molecule has 1 N–H and O–H groups in total. The summed E-state index contributed by atoms with van der Waals surface area (Å²) in [5.74, 6) is -0.0193. The van der Waals surface area contributed by atoms with Crippen molar-refractivity contribution in [1.29, 1.82) is 0 Å². The first-order chi connectivity index (χ1) is 9.26. The van der Waals surface area contributed by atoms with Crippen LogP contribution in [0.2, 0.25) is 0 Å². The third-order valence-corrected chi connectivity index (χ3v) is 3.31. The molecule has 1 saturated heterocycles. The van der Waals surface area contributed by atoms with Gasteiger partial charge in [0.1, 0.15) is 5.69 Å². The van der Waals surface area contributed by atoms with E-state index < -0.39 is 0 Å². The Kier molecular flexibility index (Phi) is 3.12. The molecule has 1 aliphatic heterocycles. The zero-order valence-corrected chi connectivity index (χ0v) is 10.8. The Labute approximate surface area is 110 Å². The molecule has 0 radical (unpaired) electrons. The van der Waals surface area contributed by atoms with E-state index in [2.05, 4.69) is 20.7 Å². The molecule has 1 fully saturated rings. The number of rotatable bonds is 5. The predicted octanol–water partition coefficient (Wildman–Crippen LogP) is 0.0642. The van der Waals surface area contributed by atoms with E-state index in [1.807, 2.05) is 13.1 Å². The molecule has 0 aromatic carbocycles. The predicted molar refractivity (Wildman–Crippen MR) is 67.9 cm³/mol. The van der Waals surface area contributed by atoms with E-state index in [4.69, 9.17) is 0 Å². The van der Waals surface area contributed by atoms with Crippen LogP contribution in [0.5, 0.6) is 0 Å². The maximum atomic E-state index is 12.1. The van der Waals surface area contributed by atoms with Crippen LogP contribution in [0.25, 0.3) is 0 Å². The van der Waals surface area contributed by atoms with Gasteiger partial charge in [0.2, 0.25) is 0 Å². The molecule has 2 aromatic rings. The highest BCUT2D eigenvalue weighted by molar-refractivity contribution is 5.95. The van der Waals surface area contributed by atoms with Gasteiger partial charge in [0.15, 0.2) is 5.78 Å². The summed E-state index contributed by atoms with van der Waals surface area (Å²) in [6, 6.07) is 0.330. The second-order valence-electron chi connectivity index (χ2n) is 4.70. The van der Waals surface area contributed by atoms with Crippen molar-refractivity contribution in [3.63, 3.8) is 0 Å². The largest absolute Gasteiger partial charge is 0.312 e. The lowest BCUT2D eigenvalue weighted by atomic mass is 10.1. The van der Waals surface area contributed by atoms with Crippen LogP contribution in [0.1, 0.15) is 29.0 Å². The average Bonchev–Trinajstić information content (AvgIpc) is 2.96. The van der Waals surface area contributed by atoms with Gasteiger partial charge >= 0.3 is 0 Å². The standard InChI is InChI=1S/C12H16N6O/c1-2-17-7-9(4-14-17)3-12(19)11-8-18(16-15-11)10-5-13-6-10/h4,7-8,10,13H,2-3,5-6H2,1H3. The molecule has 0 unspecified atom stereocenters. The molecule has 7 heteroatoms. The number of hydrogen-bond acceptors (Lipinski definition) is 5. The lowest BCUT2D eigenvalue weighted by Gasteiger charge is -2.26. The summed E-state index contributed by atoms with van der Waals surface area (Å²) in [5, 5.41) is 15.3. The lowest BCUT2D eigenvalue weighted by Crippen LogP contribution is -2.43. The molecule has 1 aliphatic rings. The van der Waals surface area contributed by atoms with E-state index in [9.17, 15) is 4.79 Å². The Balaban J connectivity index is 1.67. The van der Waals surface area contributed by atoms with Crippen LogP contribution in [0.3, 0.4) is 0 Å². The number of carbonyl (C=O) groups is 1. The van der Waals surface area contributed by atoms with Gasteiger partial charge in [-0.3, -0.25) is 9.48 Å². The fraction of sp³-hybridized carbons (Fsp3) is 0.500. The second kappa shape index (κ2) is 4.93. The molecule has 3 rings (SSSR count). The van der Waals surface area contributed by atoms with Crippen molar-refractivity contribution < 1.29 is 4.79 Å². The zero-order chi connectivity index (χ0) is 13.2. The van der Waals surface area contributed by atoms with Crippen molar-refractivity contribution in [2.24, 2.45) is 0 Å². The van der Waals surface area contributed by atoms with E-state index >= 15 is 0 Å². The number of aryl methyl sites for hydroxylation is 1. The summed E-state index contributed by atoms with van der Waals surface area (Å²) >= 11 is 0. The molecular weight excluding hydrogens is 244 g/mol. The van der Waals surface area contributed by atoms with Gasteiger partial charge in [0, 0.05) is 32.3 Å². The smallest absolute Gasteiger partial charge is 0.189 e. The molecule has 0 bridgehead atoms. The lowest BCUT2D eigenvalue weighted by molar-refractivity contribution is 0.0988. The summed E-state index contributed by atoms with van der Waals surface area (Å²) < 4.78 is 3.57. The molecule has 7 nitrogen and oxygen atoms in total. The van der Waals surface area contributed by atoms with Gasteiger partial charge in [-0.25, -0.2) is 4.68 Å². The number of nitrogens with zero attached hydrogens (tertiary/aromatic N) is 5. The van der Waals surface area contributed by atoms with Crippen molar-refractivity contribution in [2.75, 3.05) is 13.1 Å². The van der Waals surface area contributed by atoms with Crippen molar-refractivity contribution in [1.82, 2.24) is 30.1 Å². The molecule has 0 atom stereocenters. The molecule has 0 aliphatic carbocycles.